The Bertz CT molecular complexity index is 371. The normalized spacial score (nSPS) is 12.4. The molecular weight excluding hydrogens is 204 g/mol. The molecule has 1 aromatic carbocycles. The minimum Gasteiger partial charge on any atom is -0.479 e. The van der Waals surface area contributed by atoms with E-state index in [9.17, 15) is 4.79 Å². The van der Waals surface area contributed by atoms with Gasteiger partial charge in [-0.2, -0.15) is 0 Å². The minimum absolute atomic E-state index is 0.418. The molecule has 1 unspecified atom stereocenters. The predicted molar refractivity (Wildman–Crippen MR) is 62.7 cm³/mol. The van der Waals surface area contributed by atoms with E-state index in [0.29, 0.717) is 13.0 Å². The summed E-state index contributed by atoms with van der Waals surface area (Å²) in [5.74, 6) is -0.900. The van der Waals surface area contributed by atoms with Crippen LogP contribution in [0.15, 0.2) is 18.2 Å². The maximum Gasteiger partial charge on any atom is 0.333 e. The smallest absolute Gasteiger partial charge is 0.333 e. The van der Waals surface area contributed by atoms with Crippen LogP contribution in [0, 0.1) is 13.8 Å². The van der Waals surface area contributed by atoms with E-state index in [0.717, 1.165) is 11.1 Å². The molecule has 0 saturated carbocycles. The molecule has 0 fully saturated rings. The number of hydrogen-bond donors (Lipinski definition) is 1. The molecule has 0 amide bonds. The Morgan fingerprint density at radius 2 is 2.12 bits per heavy atom. The highest BCUT2D eigenvalue weighted by molar-refractivity contribution is 5.72. The highest BCUT2D eigenvalue weighted by Gasteiger charge is 2.18. The Hall–Kier alpha value is -1.35. The molecule has 0 spiro atoms. The minimum atomic E-state index is -0.900. The summed E-state index contributed by atoms with van der Waals surface area (Å²) in [6, 6.07) is 5.93. The molecule has 0 radical (unpaired) electrons. The van der Waals surface area contributed by atoms with Gasteiger partial charge in [0.05, 0.1) is 0 Å². The number of aryl methyl sites for hydroxylation is 1. The number of benzene rings is 1. The fourth-order valence-electron chi connectivity index (χ4n) is 1.65. The largest absolute Gasteiger partial charge is 0.479 e. The molecule has 0 aliphatic heterocycles. The van der Waals surface area contributed by atoms with Crippen LogP contribution in [0.4, 0.5) is 0 Å². The van der Waals surface area contributed by atoms with Crippen molar-refractivity contribution in [1.29, 1.82) is 0 Å². The third kappa shape index (κ3) is 3.07. The van der Waals surface area contributed by atoms with Crippen molar-refractivity contribution in [2.75, 3.05) is 6.61 Å². The van der Waals surface area contributed by atoms with Gasteiger partial charge in [-0.05, 0) is 37.5 Å². The highest BCUT2D eigenvalue weighted by Crippen LogP contribution is 2.15. The molecular formula is C13H18O3. The Morgan fingerprint density at radius 1 is 1.44 bits per heavy atom. The molecule has 0 aromatic heterocycles. The number of ether oxygens (including phenoxy) is 1. The number of carboxylic acids is 1. The molecule has 0 bridgehead atoms. The van der Waals surface area contributed by atoms with E-state index in [-0.39, 0.29) is 0 Å². The number of carbonyl (C=O) groups is 1. The molecule has 1 atom stereocenters. The zero-order valence-electron chi connectivity index (χ0n) is 9.99. The summed E-state index contributed by atoms with van der Waals surface area (Å²) in [5.41, 5.74) is 3.37. The Kier molecular flexibility index (Phi) is 4.50. The highest BCUT2D eigenvalue weighted by atomic mass is 16.5. The molecule has 1 N–H and O–H groups in total. The van der Waals surface area contributed by atoms with E-state index in [4.69, 9.17) is 9.84 Å². The van der Waals surface area contributed by atoms with Crippen LogP contribution in [0.3, 0.4) is 0 Å². The first-order valence-corrected chi connectivity index (χ1v) is 5.45. The molecule has 1 rings (SSSR count). The van der Waals surface area contributed by atoms with E-state index in [2.05, 4.69) is 0 Å². The zero-order valence-corrected chi connectivity index (χ0v) is 9.99. The second-order valence-electron chi connectivity index (χ2n) is 3.85. The van der Waals surface area contributed by atoms with Crippen molar-refractivity contribution in [3.05, 3.63) is 34.9 Å². The lowest BCUT2D eigenvalue weighted by Crippen LogP contribution is -2.26. The van der Waals surface area contributed by atoms with Gasteiger partial charge in [-0.25, -0.2) is 4.79 Å². The maximum atomic E-state index is 11.0. The Labute approximate surface area is 96.1 Å². The van der Waals surface area contributed by atoms with Crippen molar-refractivity contribution in [2.24, 2.45) is 0 Å². The van der Waals surface area contributed by atoms with Gasteiger partial charge in [0.25, 0.3) is 0 Å². The quantitative estimate of drug-likeness (QED) is 0.831. The number of rotatable bonds is 5. The third-order valence-corrected chi connectivity index (χ3v) is 2.77. The van der Waals surface area contributed by atoms with Gasteiger partial charge < -0.3 is 9.84 Å². The molecule has 88 valence electrons. The van der Waals surface area contributed by atoms with Gasteiger partial charge in [0.2, 0.25) is 0 Å². The van der Waals surface area contributed by atoms with E-state index in [1.165, 1.54) is 5.56 Å². The lowest BCUT2D eigenvalue weighted by Gasteiger charge is -2.14. The van der Waals surface area contributed by atoms with Crippen molar-refractivity contribution in [2.45, 2.75) is 33.3 Å². The van der Waals surface area contributed by atoms with Crippen LogP contribution in [-0.4, -0.2) is 23.8 Å². The van der Waals surface area contributed by atoms with Gasteiger partial charge >= 0.3 is 5.97 Å². The summed E-state index contributed by atoms with van der Waals surface area (Å²) in [4.78, 5) is 11.0. The molecule has 0 heterocycles. The fraction of sp³-hybridized carbons (Fsp3) is 0.462. The first-order chi connectivity index (χ1) is 7.56. The van der Waals surface area contributed by atoms with E-state index in [1.54, 1.807) is 6.92 Å². The van der Waals surface area contributed by atoms with Gasteiger partial charge in [-0.15, -0.1) is 0 Å². The zero-order chi connectivity index (χ0) is 12.1. The van der Waals surface area contributed by atoms with Crippen molar-refractivity contribution in [1.82, 2.24) is 0 Å². The van der Waals surface area contributed by atoms with Crippen molar-refractivity contribution >= 4 is 5.97 Å². The average molecular weight is 222 g/mol. The van der Waals surface area contributed by atoms with Crippen LogP contribution in [0.1, 0.15) is 23.6 Å². The van der Waals surface area contributed by atoms with Crippen LogP contribution >= 0.6 is 0 Å². The summed E-state index contributed by atoms with van der Waals surface area (Å²) in [5, 5.41) is 9.00. The monoisotopic (exact) mass is 222 g/mol. The van der Waals surface area contributed by atoms with Crippen molar-refractivity contribution in [3.63, 3.8) is 0 Å². The van der Waals surface area contributed by atoms with Gasteiger partial charge in [-0.3, -0.25) is 0 Å². The fourth-order valence-corrected chi connectivity index (χ4v) is 1.65. The molecule has 0 saturated heterocycles. The maximum absolute atomic E-state index is 11.0. The lowest BCUT2D eigenvalue weighted by molar-refractivity contribution is -0.149. The van der Waals surface area contributed by atoms with Gasteiger partial charge in [-0.1, -0.05) is 18.2 Å². The van der Waals surface area contributed by atoms with Crippen LogP contribution < -0.4 is 0 Å². The first-order valence-electron chi connectivity index (χ1n) is 5.45. The molecule has 3 nitrogen and oxygen atoms in total. The van der Waals surface area contributed by atoms with E-state index >= 15 is 0 Å². The number of hydrogen-bond acceptors (Lipinski definition) is 2. The second kappa shape index (κ2) is 5.66. The van der Waals surface area contributed by atoms with Crippen LogP contribution in [-0.2, 0) is 16.0 Å². The van der Waals surface area contributed by atoms with Crippen LogP contribution in [0.2, 0.25) is 0 Å². The third-order valence-electron chi connectivity index (χ3n) is 2.77. The van der Waals surface area contributed by atoms with Crippen LogP contribution in [0.25, 0.3) is 0 Å². The summed E-state index contributed by atoms with van der Waals surface area (Å²) in [6.07, 6.45) is -0.318. The Balaban J connectivity index is 2.85. The summed E-state index contributed by atoms with van der Waals surface area (Å²) in [7, 11) is 0. The van der Waals surface area contributed by atoms with Crippen molar-refractivity contribution in [3.8, 4) is 0 Å². The van der Waals surface area contributed by atoms with Gasteiger partial charge in [0.1, 0.15) is 0 Å². The molecule has 16 heavy (non-hydrogen) atoms. The first kappa shape index (κ1) is 12.7. The van der Waals surface area contributed by atoms with Crippen molar-refractivity contribution < 1.29 is 14.6 Å². The number of aliphatic carboxylic acids is 1. The lowest BCUT2D eigenvalue weighted by atomic mass is 9.99. The molecule has 0 aliphatic carbocycles. The van der Waals surface area contributed by atoms with Gasteiger partial charge in [0.15, 0.2) is 6.10 Å². The summed E-state index contributed by atoms with van der Waals surface area (Å²) < 4.78 is 5.20. The van der Waals surface area contributed by atoms with Crippen LogP contribution in [0.5, 0.6) is 0 Å². The Morgan fingerprint density at radius 3 is 2.69 bits per heavy atom. The van der Waals surface area contributed by atoms with E-state index < -0.39 is 12.1 Å². The summed E-state index contributed by atoms with van der Waals surface area (Å²) >= 11 is 0. The standard InChI is InChI=1S/C13H18O3/c1-4-16-12(13(14)15)8-11-7-5-6-9(2)10(11)3/h5-7,12H,4,8H2,1-3H3,(H,14,15). The average Bonchev–Trinajstić information content (AvgIpc) is 2.23. The molecule has 3 heteroatoms. The second-order valence-corrected chi connectivity index (χ2v) is 3.85. The van der Waals surface area contributed by atoms with Gasteiger partial charge in [0, 0.05) is 13.0 Å². The topological polar surface area (TPSA) is 46.5 Å². The van der Waals surface area contributed by atoms with E-state index in [1.807, 2.05) is 32.0 Å². The molecule has 0 aliphatic rings. The molecule has 1 aromatic rings. The SMILES string of the molecule is CCOC(Cc1cccc(C)c1C)C(=O)O. The predicted octanol–water partition coefficient (Wildman–Crippen LogP) is 2.34. The number of carboxylic acid groups (broad SMARTS) is 1. The summed E-state index contributed by atoms with van der Waals surface area (Å²) in [6.45, 7) is 6.26.